The molecule has 168 valence electrons. The average Bonchev–Trinajstić information content (AvgIpc) is 3.30. The molecule has 0 radical (unpaired) electrons. The fraction of sp³-hybridized carbons (Fsp3) is 0.120. The van der Waals surface area contributed by atoms with Gasteiger partial charge in [0.05, 0.1) is 5.56 Å². The lowest BCUT2D eigenvalue weighted by molar-refractivity contribution is -0.137. The van der Waals surface area contributed by atoms with Gasteiger partial charge < -0.3 is 10.1 Å². The SMILES string of the molecule is Cc1ccc(NC(=O)c2csc(-c3ccc(OCc4cccc(C(F)(F)F)c4)cc3)n2)cc1. The molecule has 0 aliphatic rings. The largest absolute Gasteiger partial charge is 0.489 e. The number of hydrogen-bond acceptors (Lipinski definition) is 4. The molecule has 0 fully saturated rings. The molecule has 0 bridgehead atoms. The van der Waals surface area contributed by atoms with E-state index in [0.29, 0.717) is 27.7 Å². The van der Waals surface area contributed by atoms with Crippen molar-refractivity contribution in [3.05, 3.63) is 101 Å². The molecule has 1 N–H and O–H groups in total. The van der Waals surface area contributed by atoms with E-state index < -0.39 is 11.7 Å². The number of alkyl halides is 3. The van der Waals surface area contributed by atoms with Crippen LogP contribution in [0.15, 0.2) is 78.2 Å². The van der Waals surface area contributed by atoms with E-state index in [0.717, 1.165) is 23.3 Å². The number of benzene rings is 3. The predicted octanol–water partition coefficient (Wildman–Crippen LogP) is 6.97. The van der Waals surface area contributed by atoms with Crippen LogP contribution >= 0.6 is 11.3 Å². The highest BCUT2D eigenvalue weighted by molar-refractivity contribution is 7.13. The van der Waals surface area contributed by atoms with Gasteiger partial charge in [-0.3, -0.25) is 4.79 Å². The summed E-state index contributed by atoms with van der Waals surface area (Å²) in [7, 11) is 0. The molecule has 4 rings (SSSR count). The first-order valence-electron chi connectivity index (χ1n) is 10.0. The molecule has 0 saturated carbocycles. The fourth-order valence-corrected chi connectivity index (χ4v) is 3.85. The molecule has 8 heteroatoms. The van der Waals surface area contributed by atoms with Crippen molar-refractivity contribution in [1.82, 2.24) is 4.98 Å². The number of nitrogens with one attached hydrogen (secondary N) is 1. The van der Waals surface area contributed by atoms with Crippen LogP contribution in [0.25, 0.3) is 10.6 Å². The van der Waals surface area contributed by atoms with E-state index >= 15 is 0 Å². The highest BCUT2D eigenvalue weighted by Crippen LogP contribution is 2.30. The quantitative estimate of drug-likeness (QED) is 0.333. The number of carbonyl (C=O) groups is 1. The van der Waals surface area contributed by atoms with Crippen LogP contribution in [0.4, 0.5) is 18.9 Å². The summed E-state index contributed by atoms with van der Waals surface area (Å²) in [5.41, 5.74) is 2.65. The Kier molecular flexibility index (Phi) is 6.46. The number of hydrogen-bond donors (Lipinski definition) is 1. The molecule has 0 aliphatic heterocycles. The molecule has 0 unspecified atom stereocenters. The van der Waals surface area contributed by atoms with E-state index in [1.54, 1.807) is 35.7 Å². The lowest BCUT2D eigenvalue weighted by atomic mass is 10.1. The second-order valence-corrected chi connectivity index (χ2v) is 8.23. The predicted molar refractivity (Wildman–Crippen MR) is 122 cm³/mol. The first kappa shape index (κ1) is 22.5. The molecule has 4 nitrogen and oxygen atoms in total. The van der Waals surface area contributed by atoms with Gasteiger partial charge in [-0.15, -0.1) is 11.3 Å². The van der Waals surface area contributed by atoms with Crippen LogP contribution in [0.5, 0.6) is 5.75 Å². The summed E-state index contributed by atoms with van der Waals surface area (Å²) >= 11 is 1.34. The lowest BCUT2D eigenvalue weighted by Gasteiger charge is -2.10. The smallest absolute Gasteiger partial charge is 0.416 e. The number of amides is 1. The van der Waals surface area contributed by atoms with Crippen LogP contribution in [-0.2, 0) is 12.8 Å². The third-order valence-electron chi connectivity index (χ3n) is 4.81. The van der Waals surface area contributed by atoms with Crippen LogP contribution in [0.2, 0.25) is 0 Å². The molecule has 0 aliphatic carbocycles. The summed E-state index contributed by atoms with van der Waals surface area (Å²) in [4.78, 5) is 16.9. The van der Waals surface area contributed by atoms with Crippen LogP contribution in [0.3, 0.4) is 0 Å². The summed E-state index contributed by atoms with van der Waals surface area (Å²) in [6, 6.07) is 19.6. The van der Waals surface area contributed by atoms with Gasteiger partial charge in [0, 0.05) is 16.6 Å². The van der Waals surface area contributed by atoms with Gasteiger partial charge in [-0.1, -0.05) is 29.8 Å². The zero-order chi connectivity index (χ0) is 23.4. The second-order valence-electron chi connectivity index (χ2n) is 7.37. The number of rotatable bonds is 6. The normalized spacial score (nSPS) is 11.3. The standard InChI is InChI=1S/C25H19F3N2O2S/c1-16-5-9-20(10-6-16)29-23(31)22-15-33-24(30-22)18-7-11-21(12-8-18)32-14-17-3-2-4-19(13-17)25(26,27)28/h2-13,15H,14H2,1H3,(H,29,31). The highest BCUT2D eigenvalue weighted by atomic mass is 32.1. The van der Waals surface area contributed by atoms with E-state index in [4.69, 9.17) is 4.74 Å². The van der Waals surface area contributed by atoms with E-state index in [-0.39, 0.29) is 12.5 Å². The minimum absolute atomic E-state index is 0.0177. The Morgan fingerprint density at radius 1 is 1.03 bits per heavy atom. The number of carbonyl (C=O) groups excluding carboxylic acids is 1. The molecular weight excluding hydrogens is 449 g/mol. The van der Waals surface area contributed by atoms with Crippen molar-refractivity contribution in [2.75, 3.05) is 5.32 Å². The van der Waals surface area contributed by atoms with Crippen molar-refractivity contribution in [1.29, 1.82) is 0 Å². The maximum atomic E-state index is 12.8. The molecule has 1 heterocycles. The Labute approximate surface area is 192 Å². The summed E-state index contributed by atoms with van der Waals surface area (Å²) in [6.07, 6.45) is -4.39. The zero-order valence-corrected chi connectivity index (χ0v) is 18.3. The van der Waals surface area contributed by atoms with Gasteiger partial charge in [-0.05, 0) is 61.0 Å². The molecule has 1 amide bonds. The number of nitrogens with zero attached hydrogens (tertiary/aromatic N) is 1. The first-order chi connectivity index (χ1) is 15.8. The Morgan fingerprint density at radius 3 is 2.45 bits per heavy atom. The summed E-state index contributed by atoms with van der Waals surface area (Å²) in [5, 5.41) is 5.19. The number of halogens is 3. The number of ether oxygens (including phenoxy) is 1. The molecular formula is C25H19F3N2O2S. The maximum Gasteiger partial charge on any atom is 0.416 e. The van der Waals surface area contributed by atoms with Crippen molar-refractivity contribution < 1.29 is 22.7 Å². The van der Waals surface area contributed by atoms with E-state index in [9.17, 15) is 18.0 Å². The lowest BCUT2D eigenvalue weighted by Crippen LogP contribution is -2.12. The molecule has 0 atom stereocenters. The average molecular weight is 469 g/mol. The third-order valence-corrected chi connectivity index (χ3v) is 5.70. The number of aryl methyl sites for hydroxylation is 1. The first-order valence-corrected chi connectivity index (χ1v) is 10.9. The van der Waals surface area contributed by atoms with Gasteiger partial charge in [0.2, 0.25) is 0 Å². The summed E-state index contributed by atoms with van der Waals surface area (Å²) < 4.78 is 44.1. The van der Waals surface area contributed by atoms with Gasteiger partial charge >= 0.3 is 6.18 Å². The molecule has 0 spiro atoms. The summed E-state index contributed by atoms with van der Waals surface area (Å²) in [6.45, 7) is 1.99. The van der Waals surface area contributed by atoms with Crippen molar-refractivity contribution in [2.24, 2.45) is 0 Å². The van der Waals surface area contributed by atoms with Crippen molar-refractivity contribution >= 4 is 22.9 Å². The molecule has 0 saturated heterocycles. The molecule has 1 aromatic heterocycles. The van der Waals surface area contributed by atoms with Crippen LogP contribution in [0.1, 0.15) is 27.2 Å². The van der Waals surface area contributed by atoms with Gasteiger partial charge in [0.25, 0.3) is 5.91 Å². The molecule has 3 aromatic carbocycles. The Balaban J connectivity index is 1.38. The van der Waals surface area contributed by atoms with Gasteiger partial charge in [-0.2, -0.15) is 13.2 Å². The number of thiazole rings is 1. The van der Waals surface area contributed by atoms with E-state index in [2.05, 4.69) is 10.3 Å². The Bertz CT molecular complexity index is 1250. The second kappa shape index (κ2) is 9.46. The van der Waals surface area contributed by atoms with Crippen molar-refractivity contribution in [3.8, 4) is 16.3 Å². The highest BCUT2D eigenvalue weighted by Gasteiger charge is 2.30. The van der Waals surface area contributed by atoms with Gasteiger partial charge in [0.15, 0.2) is 0 Å². The van der Waals surface area contributed by atoms with Crippen molar-refractivity contribution in [2.45, 2.75) is 19.7 Å². The topological polar surface area (TPSA) is 51.2 Å². The minimum atomic E-state index is -4.39. The maximum absolute atomic E-state index is 12.8. The molecule has 33 heavy (non-hydrogen) atoms. The van der Waals surface area contributed by atoms with Gasteiger partial charge in [-0.25, -0.2) is 4.98 Å². The van der Waals surface area contributed by atoms with Crippen LogP contribution in [-0.4, -0.2) is 10.9 Å². The number of anilines is 1. The Morgan fingerprint density at radius 2 is 1.76 bits per heavy atom. The van der Waals surface area contributed by atoms with E-state index in [1.165, 1.54) is 17.4 Å². The van der Waals surface area contributed by atoms with E-state index in [1.807, 2.05) is 31.2 Å². The van der Waals surface area contributed by atoms with Crippen molar-refractivity contribution in [3.63, 3.8) is 0 Å². The van der Waals surface area contributed by atoms with Crippen LogP contribution in [0, 0.1) is 6.92 Å². The van der Waals surface area contributed by atoms with Gasteiger partial charge in [0.1, 0.15) is 23.1 Å². The third kappa shape index (κ3) is 5.78. The Hall–Kier alpha value is -3.65. The van der Waals surface area contributed by atoms with Crippen LogP contribution < -0.4 is 10.1 Å². The fourth-order valence-electron chi connectivity index (χ4n) is 3.04. The minimum Gasteiger partial charge on any atom is -0.489 e. The summed E-state index contributed by atoms with van der Waals surface area (Å²) in [5.74, 6) is 0.229. The molecule has 4 aromatic rings. The zero-order valence-electron chi connectivity index (χ0n) is 17.5. The number of aromatic nitrogens is 1. The monoisotopic (exact) mass is 468 g/mol.